The Hall–Kier alpha value is -1.20. The van der Waals surface area contributed by atoms with E-state index in [1.54, 1.807) is 0 Å². The number of likely N-dealkylation sites (N-methyl/N-ethyl adjacent to an activating group) is 1. The molecule has 0 aliphatic heterocycles. The van der Waals surface area contributed by atoms with Crippen molar-refractivity contribution in [2.45, 2.75) is 32.2 Å². The predicted octanol–water partition coefficient (Wildman–Crippen LogP) is 2.65. The van der Waals surface area contributed by atoms with Crippen LogP contribution in [0.2, 0.25) is 0 Å². The summed E-state index contributed by atoms with van der Waals surface area (Å²) in [4.78, 5) is 4.05. The maximum absolute atomic E-state index is 4.45. The Morgan fingerprint density at radius 2 is 2.05 bits per heavy atom. The van der Waals surface area contributed by atoms with E-state index < -0.39 is 0 Å². The third-order valence-electron chi connectivity index (χ3n) is 3.64. The van der Waals surface area contributed by atoms with E-state index in [2.05, 4.69) is 43.5 Å². The topological polar surface area (TPSA) is 42.7 Å². The van der Waals surface area contributed by atoms with Gasteiger partial charge in [0, 0.05) is 31.9 Å². The van der Waals surface area contributed by atoms with Crippen LogP contribution in [0.15, 0.2) is 29.0 Å². The minimum Gasteiger partial charge on any atom is -0.317 e. The number of aryl methyl sites for hydroxylation is 3. The Bertz CT molecular complexity index is 551. The monoisotopic (exact) mass is 336 g/mol. The van der Waals surface area contributed by atoms with Gasteiger partial charge in [-0.05, 0) is 60.4 Å². The summed E-state index contributed by atoms with van der Waals surface area (Å²) in [7, 11) is 4.02. The summed E-state index contributed by atoms with van der Waals surface area (Å²) in [6.07, 6.45) is 6.83. The van der Waals surface area contributed by atoms with Gasteiger partial charge >= 0.3 is 0 Å². The van der Waals surface area contributed by atoms with Crippen LogP contribution in [0.3, 0.4) is 0 Å². The lowest BCUT2D eigenvalue weighted by Gasteiger charge is -2.16. The first-order valence-electron chi connectivity index (χ1n) is 6.86. The molecule has 0 radical (unpaired) electrons. The number of hydrogen-bond acceptors (Lipinski definition) is 3. The minimum atomic E-state index is 0.439. The Kier molecular flexibility index (Phi) is 5.31. The molecular formula is C15H21BrN4. The number of nitrogens with zero attached hydrogens (tertiary/aromatic N) is 3. The molecule has 0 spiro atoms. The van der Waals surface area contributed by atoms with Crippen LogP contribution >= 0.6 is 15.9 Å². The summed E-state index contributed by atoms with van der Waals surface area (Å²) in [5.74, 6) is 0. The van der Waals surface area contributed by atoms with Crippen molar-refractivity contribution in [3.05, 3.63) is 46.0 Å². The molecule has 2 aromatic rings. The van der Waals surface area contributed by atoms with Crippen LogP contribution in [-0.4, -0.2) is 27.9 Å². The molecule has 0 aromatic carbocycles. The van der Waals surface area contributed by atoms with Crippen LogP contribution in [0.5, 0.6) is 0 Å². The smallest absolute Gasteiger partial charge is 0.0738 e. The summed E-state index contributed by atoms with van der Waals surface area (Å²) in [6.45, 7) is 2.03. The highest BCUT2D eigenvalue weighted by Gasteiger charge is 2.15. The van der Waals surface area contributed by atoms with Crippen LogP contribution in [-0.2, 0) is 19.9 Å². The highest BCUT2D eigenvalue weighted by Crippen LogP contribution is 2.22. The highest BCUT2D eigenvalue weighted by atomic mass is 79.9. The van der Waals surface area contributed by atoms with Gasteiger partial charge in [0.05, 0.1) is 15.9 Å². The molecule has 5 heteroatoms. The van der Waals surface area contributed by atoms with Crippen LogP contribution in [0.1, 0.15) is 23.4 Å². The lowest BCUT2D eigenvalue weighted by Crippen LogP contribution is -2.29. The van der Waals surface area contributed by atoms with Crippen molar-refractivity contribution in [1.29, 1.82) is 0 Å². The lowest BCUT2D eigenvalue weighted by atomic mass is 10.0. The number of halogens is 1. The third kappa shape index (κ3) is 3.67. The molecule has 0 aliphatic carbocycles. The fourth-order valence-electron chi connectivity index (χ4n) is 2.37. The van der Waals surface area contributed by atoms with Crippen LogP contribution in [0.4, 0.5) is 0 Å². The minimum absolute atomic E-state index is 0.439. The lowest BCUT2D eigenvalue weighted by molar-refractivity contribution is 0.502. The van der Waals surface area contributed by atoms with Crippen molar-refractivity contribution in [1.82, 2.24) is 20.1 Å². The van der Waals surface area contributed by atoms with E-state index >= 15 is 0 Å². The molecule has 0 bridgehead atoms. The van der Waals surface area contributed by atoms with Crippen LogP contribution in [0, 0.1) is 6.92 Å². The van der Waals surface area contributed by atoms with Gasteiger partial charge in [-0.3, -0.25) is 9.67 Å². The van der Waals surface area contributed by atoms with E-state index in [0.29, 0.717) is 6.04 Å². The average molecular weight is 337 g/mol. The molecule has 0 amide bonds. The molecule has 20 heavy (non-hydrogen) atoms. The Balaban J connectivity index is 1.99. The second-order valence-electron chi connectivity index (χ2n) is 5.05. The Labute approximate surface area is 128 Å². The number of nitrogens with one attached hydrogen (secondary N) is 1. The maximum atomic E-state index is 4.45. The molecular weight excluding hydrogens is 316 g/mol. The third-order valence-corrected chi connectivity index (χ3v) is 4.67. The van der Waals surface area contributed by atoms with Gasteiger partial charge < -0.3 is 5.32 Å². The van der Waals surface area contributed by atoms with Gasteiger partial charge in [0.1, 0.15) is 0 Å². The fraction of sp³-hybridized carbons (Fsp3) is 0.467. The van der Waals surface area contributed by atoms with Gasteiger partial charge in [0.25, 0.3) is 0 Å². The second-order valence-corrected chi connectivity index (χ2v) is 5.85. The van der Waals surface area contributed by atoms with Crippen LogP contribution < -0.4 is 5.32 Å². The standard InChI is InChI=1S/C15H21BrN4/c1-11-15(16)14(20(3)19-11)10-13(17-2)5-4-12-6-8-18-9-7-12/h6-9,13,17H,4-5,10H2,1-3H3. The number of hydrogen-bond donors (Lipinski definition) is 1. The molecule has 0 saturated heterocycles. The maximum Gasteiger partial charge on any atom is 0.0738 e. The summed E-state index contributed by atoms with van der Waals surface area (Å²) >= 11 is 3.64. The zero-order chi connectivity index (χ0) is 14.5. The summed E-state index contributed by atoms with van der Waals surface area (Å²) in [5.41, 5.74) is 3.63. The van der Waals surface area contributed by atoms with Crippen molar-refractivity contribution in [2.75, 3.05) is 7.05 Å². The SMILES string of the molecule is CNC(CCc1ccncc1)Cc1c(Br)c(C)nn1C. The number of pyridine rings is 1. The van der Waals surface area contributed by atoms with Gasteiger partial charge in [-0.2, -0.15) is 5.10 Å². The molecule has 1 atom stereocenters. The van der Waals surface area contributed by atoms with Crippen molar-refractivity contribution in [3.8, 4) is 0 Å². The second kappa shape index (κ2) is 6.99. The predicted molar refractivity (Wildman–Crippen MR) is 84.8 cm³/mol. The molecule has 108 valence electrons. The Morgan fingerprint density at radius 3 is 2.60 bits per heavy atom. The number of aromatic nitrogens is 3. The quantitative estimate of drug-likeness (QED) is 0.881. The van der Waals surface area contributed by atoms with Gasteiger partial charge in [0.15, 0.2) is 0 Å². The molecule has 2 aromatic heterocycles. The van der Waals surface area contributed by atoms with Gasteiger partial charge in [-0.25, -0.2) is 0 Å². The normalized spacial score (nSPS) is 12.6. The first kappa shape index (κ1) is 15.2. The van der Waals surface area contributed by atoms with E-state index in [4.69, 9.17) is 0 Å². The van der Waals surface area contributed by atoms with Gasteiger partial charge in [0.2, 0.25) is 0 Å². The van der Waals surface area contributed by atoms with Crippen molar-refractivity contribution in [3.63, 3.8) is 0 Å². The largest absolute Gasteiger partial charge is 0.317 e. The molecule has 4 nitrogen and oxygen atoms in total. The van der Waals surface area contributed by atoms with E-state index in [1.165, 1.54) is 11.3 Å². The summed E-state index contributed by atoms with van der Waals surface area (Å²) in [5, 5.41) is 7.86. The van der Waals surface area contributed by atoms with E-state index in [9.17, 15) is 0 Å². The molecule has 2 heterocycles. The first-order valence-corrected chi connectivity index (χ1v) is 7.65. The van der Waals surface area contributed by atoms with E-state index in [0.717, 1.165) is 29.4 Å². The van der Waals surface area contributed by atoms with Crippen LogP contribution in [0.25, 0.3) is 0 Å². The average Bonchev–Trinajstić information content (AvgIpc) is 2.70. The van der Waals surface area contributed by atoms with Crippen molar-refractivity contribution >= 4 is 15.9 Å². The zero-order valence-corrected chi connectivity index (χ0v) is 13.8. The van der Waals surface area contributed by atoms with Crippen molar-refractivity contribution < 1.29 is 0 Å². The van der Waals surface area contributed by atoms with E-state index in [-0.39, 0.29) is 0 Å². The van der Waals surface area contributed by atoms with Crippen molar-refractivity contribution in [2.24, 2.45) is 7.05 Å². The molecule has 0 aliphatic rings. The fourth-order valence-corrected chi connectivity index (χ4v) is 2.87. The highest BCUT2D eigenvalue weighted by molar-refractivity contribution is 9.10. The molecule has 1 unspecified atom stereocenters. The molecule has 2 rings (SSSR count). The molecule has 1 N–H and O–H groups in total. The van der Waals surface area contributed by atoms with E-state index in [1.807, 2.05) is 38.1 Å². The Morgan fingerprint density at radius 1 is 1.35 bits per heavy atom. The summed E-state index contributed by atoms with van der Waals surface area (Å²) < 4.78 is 3.10. The number of rotatable bonds is 6. The van der Waals surface area contributed by atoms with Gasteiger partial charge in [-0.1, -0.05) is 0 Å². The molecule has 0 saturated carbocycles. The van der Waals surface area contributed by atoms with Gasteiger partial charge in [-0.15, -0.1) is 0 Å². The summed E-state index contributed by atoms with van der Waals surface area (Å²) in [6, 6.07) is 4.60. The molecule has 0 fully saturated rings. The first-order chi connectivity index (χ1) is 9.61. The zero-order valence-electron chi connectivity index (χ0n) is 12.2.